The van der Waals surface area contributed by atoms with E-state index in [1.165, 1.54) is 12.0 Å². The minimum atomic E-state index is -0.0778. The summed E-state index contributed by atoms with van der Waals surface area (Å²) in [7, 11) is 0. The van der Waals surface area contributed by atoms with Crippen LogP contribution in [0.25, 0.3) is 0 Å². The molecule has 1 fully saturated rings. The Morgan fingerprint density at radius 1 is 1.30 bits per heavy atom. The maximum atomic E-state index is 12.3. The molecule has 1 aliphatic heterocycles. The summed E-state index contributed by atoms with van der Waals surface area (Å²) in [5.74, 6) is 0.140. The van der Waals surface area contributed by atoms with Crippen molar-refractivity contribution in [1.82, 2.24) is 10.6 Å². The van der Waals surface area contributed by atoms with Gasteiger partial charge in [0.1, 0.15) is 0 Å². The second-order valence-electron chi connectivity index (χ2n) is 6.32. The predicted molar refractivity (Wildman–Crippen MR) is 82.7 cm³/mol. The molecule has 0 bridgehead atoms. The summed E-state index contributed by atoms with van der Waals surface area (Å²) in [5, 5.41) is 6.49. The van der Waals surface area contributed by atoms with Crippen LogP contribution in [0.15, 0.2) is 30.3 Å². The number of carbonyl (C=O) groups is 1. The highest BCUT2D eigenvalue weighted by Crippen LogP contribution is 2.27. The molecule has 2 rings (SSSR count). The topological polar surface area (TPSA) is 41.1 Å². The summed E-state index contributed by atoms with van der Waals surface area (Å²) in [6.45, 7) is 7.41. The maximum Gasteiger partial charge on any atom is 0.237 e. The SMILES string of the molecule is CC(NC(=O)[C@H]1CCCCN1)C(C)(C)c1ccccc1. The van der Waals surface area contributed by atoms with E-state index in [1.807, 2.05) is 18.2 Å². The first-order valence-electron chi connectivity index (χ1n) is 7.61. The number of rotatable bonds is 4. The first-order valence-corrected chi connectivity index (χ1v) is 7.61. The third-order valence-corrected chi connectivity index (χ3v) is 4.59. The van der Waals surface area contributed by atoms with Gasteiger partial charge in [-0.3, -0.25) is 4.79 Å². The van der Waals surface area contributed by atoms with E-state index < -0.39 is 0 Å². The Hall–Kier alpha value is -1.35. The molecule has 3 nitrogen and oxygen atoms in total. The predicted octanol–water partition coefficient (Wildman–Crippen LogP) is 2.61. The van der Waals surface area contributed by atoms with Gasteiger partial charge in [-0.25, -0.2) is 0 Å². The van der Waals surface area contributed by atoms with Crippen molar-refractivity contribution in [3.05, 3.63) is 35.9 Å². The number of hydrogen-bond donors (Lipinski definition) is 2. The average molecular weight is 274 g/mol. The summed E-state index contributed by atoms with van der Waals surface area (Å²) in [5.41, 5.74) is 1.18. The Morgan fingerprint density at radius 2 is 2.00 bits per heavy atom. The van der Waals surface area contributed by atoms with E-state index in [9.17, 15) is 4.79 Å². The third kappa shape index (κ3) is 3.40. The summed E-state index contributed by atoms with van der Waals surface area (Å²) in [6, 6.07) is 10.5. The molecule has 3 heteroatoms. The van der Waals surface area contributed by atoms with Crippen LogP contribution in [0.1, 0.15) is 45.6 Å². The van der Waals surface area contributed by atoms with Crippen LogP contribution in [0.5, 0.6) is 0 Å². The zero-order valence-corrected chi connectivity index (χ0v) is 12.8. The van der Waals surface area contributed by atoms with Gasteiger partial charge in [0, 0.05) is 11.5 Å². The number of carbonyl (C=O) groups excluding carboxylic acids is 1. The van der Waals surface area contributed by atoms with E-state index in [0.29, 0.717) is 0 Å². The van der Waals surface area contributed by atoms with Crippen LogP contribution in [0.3, 0.4) is 0 Å². The van der Waals surface area contributed by atoms with Crippen molar-refractivity contribution in [3.8, 4) is 0 Å². The quantitative estimate of drug-likeness (QED) is 0.886. The molecule has 2 atom stereocenters. The molecule has 0 aromatic heterocycles. The van der Waals surface area contributed by atoms with E-state index >= 15 is 0 Å². The molecule has 0 aliphatic carbocycles. The lowest BCUT2D eigenvalue weighted by Crippen LogP contribution is -2.53. The molecule has 0 saturated carbocycles. The molecule has 1 aliphatic rings. The highest BCUT2D eigenvalue weighted by molar-refractivity contribution is 5.82. The van der Waals surface area contributed by atoms with Crippen LogP contribution < -0.4 is 10.6 Å². The molecular formula is C17H26N2O. The van der Waals surface area contributed by atoms with Crippen LogP contribution in [-0.4, -0.2) is 24.5 Å². The van der Waals surface area contributed by atoms with Crippen LogP contribution in [0.4, 0.5) is 0 Å². The highest BCUT2D eigenvalue weighted by Gasteiger charge is 2.31. The second-order valence-corrected chi connectivity index (χ2v) is 6.32. The van der Waals surface area contributed by atoms with Gasteiger partial charge >= 0.3 is 0 Å². The van der Waals surface area contributed by atoms with Gasteiger partial charge in [0.25, 0.3) is 0 Å². The van der Waals surface area contributed by atoms with Crippen LogP contribution >= 0.6 is 0 Å². The van der Waals surface area contributed by atoms with Crippen LogP contribution in [-0.2, 0) is 10.2 Å². The molecule has 1 saturated heterocycles. The largest absolute Gasteiger partial charge is 0.351 e. The van der Waals surface area contributed by atoms with Gasteiger partial charge in [-0.1, -0.05) is 50.6 Å². The standard InChI is InChI=1S/C17H26N2O/c1-13(17(2,3)14-9-5-4-6-10-14)19-16(20)15-11-7-8-12-18-15/h4-6,9-10,13,15,18H,7-8,11-12H2,1-3H3,(H,19,20)/t13?,15-/m1/s1. The first-order chi connectivity index (χ1) is 9.51. The number of piperidine rings is 1. The van der Waals surface area contributed by atoms with Gasteiger partial charge in [0.05, 0.1) is 6.04 Å². The maximum absolute atomic E-state index is 12.3. The fourth-order valence-corrected chi connectivity index (χ4v) is 2.69. The van der Waals surface area contributed by atoms with E-state index in [0.717, 1.165) is 19.4 Å². The minimum Gasteiger partial charge on any atom is -0.351 e. The number of nitrogens with one attached hydrogen (secondary N) is 2. The molecule has 1 amide bonds. The molecule has 1 heterocycles. The summed E-state index contributed by atoms with van der Waals surface area (Å²) in [4.78, 5) is 12.3. The summed E-state index contributed by atoms with van der Waals surface area (Å²) in [6.07, 6.45) is 3.26. The van der Waals surface area contributed by atoms with Gasteiger partial charge in [-0.15, -0.1) is 0 Å². The molecule has 1 aromatic carbocycles. The molecule has 110 valence electrons. The average Bonchev–Trinajstić information content (AvgIpc) is 2.49. The number of hydrogen-bond acceptors (Lipinski definition) is 2. The van der Waals surface area contributed by atoms with Crippen molar-refractivity contribution in [2.45, 2.75) is 57.5 Å². The normalized spacial score (nSPS) is 21.2. The summed E-state index contributed by atoms with van der Waals surface area (Å²) >= 11 is 0. The third-order valence-electron chi connectivity index (χ3n) is 4.59. The van der Waals surface area contributed by atoms with Crippen molar-refractivity contribution >= 4 is 5.91 Å². The van der Waals surface area contributed by atoms with Gasteiger partial charge in [-0.05, 0) is 31.9 Å². The molecule has 1 unspecified atom stereocenters. The van der Waals surface area contributed by atoms with E-state index in [1.54, 1.807) is 0 Å². The highest BCUT2D eigenvalue weighted by atomic mass is 16.2. The van der Waals surface area contributed by atoms with Gasteiger partial charge in [0.15, 0.2) is 0 Å². The van der Waals surface area contributed by atoms with Crippen molar-refractivity contribution in [3.63, 3.8) is 0 Å². The molecule has 20 heavy (non-hydrogen) atoms. The van der Waals surface area contributed by atoms with Crippen molar-refractivity contribution < 1.29 is 4.79 Å². The zero-order chi connectivity index (χ0) is 14.6. The zero-order valence-electron chi connectivity index (χ0n) is 12.8. The Kier molecular flexibility index (Phi) is 4.81. The van der Waals surface area contributed by atoms with Crippen molar-refractivity contribution in [2.75, 3.05) is 6.54 Å². The summed E-state index contributed by atoms with van der Waals surface area (Å²) < 4.78 is 0. The molecule has 2 N–H and O–H groups in total. The van der Waals surface area contributed by atoms with Crippen LogP contribution in [0.2, 0.25) is 0 Å². The van der Waals surface area contributed by atoms with Gasteiger partial charge in [0.2, 0.25) is 5.91 Å². The van der Waals surface area contributed by atoms with Crippen molar-refractivity contribution in [1.29, 1.82) is 0 Å². The Bertz CT molecular complexity index is 436. The van der Waals surface area contributed by atoms with E-state index in [2.05, 4.69) is 43.5 Å². The lowest BCUT2D eigenvalue weighted by molar-refractivity contribution is -0.124. The Labute approximate surface area is 122 Å². The molecule has 1 aromatic rings. The van der Waals surface area contributed by atoms with Gasteiger partial charge < -0.3 is 10.6 Å². The van der Waals surface area contributed by atoms with Crippen LogP contribution in [0, 0.1) is 0 Å². The smallest absolute Gasteiger partial charge is 0.237 e. The number of benzene rings is 1. The number of amides is 1. The Morgan fingerprint density at radius 3 is 2.60 bits per heavy atom. The molecule has 0 spiro atoms. The van der Waals surface area contributed by atoms with Crippen molar-refractivity contribution in [2.24, 2.45) is 0 Å². The first kappa shape index (κ1) is 15.0. The molecular weight excluding hydrogens is 248 g/mol. The fourth-order valence-electron chi connectivity index (χ4n) is 2.69. The van der Waals surface area contributed by atoms with Gasteiger partial charge in [-0.2, -0.15) is 0 Å². The lowest BCUT2D eigenvalue weighted by atomic mass is 9.78. The fraction of sp³-hybridized carbons (Fsp3) is 0.588. The second kappa shape index (κ2) is 6.40. The van der Waals surface area contributed by atoms with E-state index in [4.69, 9.17) is 0 Å². The molecule has 0 radical (unpaired) electrons. The Balaban J connectivity index is 1.99. The minimum absolute atomic E-state index is 0.0160. The monoisotopic (exact) mass is 274 g/mol. The van der Waals surface area contributed by atoms with E-state index in [-0.39, 0.29) is 23.4 Å². The lowest BCUT2D eigenvalue weighted by Gasteiger charge is -2.34.